The molecule has 0 bridgehead atoms. The first-order chi connectivity index (χ1) is 8.63. The SMILES string of the molecule is C[C@@H]1CCCCN1c1ccc(C(=O)O)cc1C#N. The normalized spacial score (nSPS) is 19.3. The minimum Gasteiger partial charge on any atom is -0.478 e. The Morgan fingerprint density at radius 2 is 2.28 bits per heavy atom. The van der Waals surface area contributed by atoms with Crippen LogP contribution in [0.2, 0.25) is 0 Å². The lowest BCUT2D eigenvalue weighted by molar-refractivity contribution is 0.0697. The number of nitriles is 1. The second-order valence-corrected chi connectivity index (χ2v) is 4.69. The molecule has 4 heteroatoms. The molecule has 0 saturated carbocycles. The summed E-state index contributed by atoms with van der Waals surface area (Å²) in [6.45, 7) is 3.08. The van der Waals surface area contributed by atoms with Crippen molar-refractivity contribution >= 4 is 11.7 Å². The third-order valence-corrected chi connectivity index (χ3v) is 3.48. The van der Waals surface area contributed by atoms with E-state index in [9.17, 15) is 10.1 Å². The number of hydrogen-bond acceptors (Lipinski definition) is 3. The monoisotopic (exact) mass is 244 g/mol. The van der Waals surface area contributed by atoms with Gasteiger partial charge in [-0.2, -0.15) is 5.26 Å². The lowest BCUT2D eigenvalue weighted by Gasteiger charge is -2.36. The van der Waals surface area contributed by atoms with Crippen molar-refractivity contribution in [3.8, 4) is 6.07 Å². The maximum atomic E-state index is 10.9. The van der Waals surface area contributed by atoms with Gasteiger partial charge in [-0.05, 0) is 44.4 Å². The zero-order chi connectivity index (χ0) is 13.1. The van der Waals surface area contributed by atoms with Gasteiger partial charge in [0.05, 0.1) is 16.8 Å². The molecule has 4 nitrogen and oxygen atoms in total. The maximum absolute atomic E-state index is 10.9. The molecule has 2 rings (SSSR count). The number of nitrogens with zero attached hydrogens (tertiary/aromatic N) is 2. The van der Waals surface area contributed by atoms with E-state index < -0.39 is 5.97 Å². The van der Waals surface area contributed by atoms with Crippen molar-refractivity contribution < 1.29 is 9.90 Å². The summed E-state index contributed by atoms with van der Waals surface area (Å²) >= 11 is 0. The van der Waals surface area contributed by atoms with Crippen molar-refractivity contribution in [1.82, 2.24) is 0 Å². The van der Waals surface area contributed by atoms with Gasteiger partial charge >= 0.3 is 5.97 Å². The average molecular weight is 244 g/mol. The first-order valence-corrected chi connectivity index (χ1v) is 6.17. The first-order valence-electron chi connectivity index (χ1n) is 6.17. The van der Waals surface area contributed by atoms with E-state index in [1.54, 1.807) is 12.1 Å². The Balaban J connectivity index is 2.38. The fourth-order valence-electron chi connectivity index (χ4n) is 2.47. The summed E-state index contributed by atoms with van der Waals surface area (Å²) < 4.78 is 0. The minimum atomic E-state index is -0.996. The smallest absolute Gasteiger partial charge is 0.335 e. The van der Waals surface area contributed by atoms with E-state index >= 15 is 0 Å². The topological polar surface area (TPSA) is 64.3 Å². The summed E-state index contributed by atoms with van der Waals surface area (Å²) in [6, 6.07) is 7.29. The predicted molar refractivity (Wildman–Crippen MR) is 68.8 cm³/mol. The highest BCUT2D eigenvalue weighted by Crippen LogP contribution is 2.28. The van der Waals surface area contributed by atoms with Gasteiger partial charge in [0, 0.05) is 12.6 Å². The zero-order valence-corrected chi connectivity index (χ0v) is 10.4. The average Bonchev–Trinajstić information content (AvgIpc) is 2.38. The lowest BCUT2D eigenvalue weighted by atomic mass is 10.0. The molecule has 0 spiro atoms. The van der Waals surface area contributed by atoms with Crippen LogP contribution in [0.5, 0.6) is 0 Å². The Morgan fingerprint density at radius 3 is 2.89 bits per heavy atom. The van der Waals surface area contributed by atoms with Gasteiger partial charge in [-0.3, -0.25) is 0 Å². The van der Waals surface area contributed by atoms with Crippen molar-refractivity contribution in [1.29, 1.82) is 5.26 Å². The molecule has 1 aromatic rings. The van der Waals surface area contributed by atoms with Gasteiger partial charge in [-0.25, -0.2) is 4.79 Å². The molecule has 18 heavy (non-hydrogen) atoms. The molecule has 0 aromatic heterocycles. The molecule has 1 aliphatic rings. The number of benzene rings is 1. The van der Waals surface area contributed by atoms with Crippen LogP contribution in [0.25, 0.3) is 0 Å². The Hall–Kier alpha value is -2.02. The number of rotatable bonds is 2. The van der Waals surface area contributed by atoms with Crippen LogP contribution in [0.4, 0.5) is 5.69 Å². The van der Waals surface area contributed by atoms with E-state index in [-0.39, 0.29) is 5.56 Å². The second kappa shape index (κ2) is 5.09. The quantitative estimate of drug-likeness (QED) is 0.868. The Labute approximate surface area is 106 Å². The van der Waals surface area contributed by atoms with Crippen LogP contribution in [0.15, 0.2) is 18.2 Å². The minimum absolute atomic E-state index is 0.167. The fraction of sp³-hybridized carbons (Fsp3) is 0.429. The largest absolute Gasteiger partial charge is 0.478 e. The van der Waals surface area contributed by atoms with Crippen molar-refractivity contribution in [2.45, 2.75) is 32.2 Å². The number of piperidine rings is 1. The van der Waals surface area contributed by atoms with Gasteiger partial charge in [-0.1, -0.05) is 0 Å². The fourth-order valence-corrected chi connectivity index (χ4v) is 2.47. The molecule has 1 N–H and O–H groups in total. The lowest BCUT2D eigenvalue weighted by Crippen LogP contribution is -2.37. The number of carboxylic acids is 1. The third-order valence-electron chi connectivity index (χ3n) is 3.48. The number of anilines is 1. The van der Waals surface area contributed by atoms with E-state index in [1.807, 2.05) is 0 Å². The number of aromatic carboxylic acids is 1. The van der Waals surface area contributed by atoms with Gasteiger partial charge < -0.3 is 10.0 Å². The molecule has 1 heterocycles. The predicted octanol–water partition coefficient (Wildman–Crippen LogP) is 2.64. The molecule has 1 fully saturated rings. The summed E-state index contributed by atoms with van der Waals surface area (Å²) in [5.41, 5.74) is 1.47. The van der Waals surface area contributed by atoms with E-state index in [2.05, 4.69) is 17.9 Å². The van der Waals surface area contributed by atoms with Crippen molar-refractivity contribution in [3.63, 3.8) is 0 Å². The van der Waals surface area contributed by atoms with Gasteiger partial charge in [0.1, 0.15) is 6.07 Å². The third kappa shape index (κ3) is 2.30. The van der Waals surface area contributed by atoms with Crippen molar-refractivity contribution in [3.05, 3.63) is 29.3 Å². The molecule has 0 unspecified atom stereocenters. The molecule has 1 aromatic carbocycles. The first kappa shape index (κ1) is 12.4. The van der Waals surface area contributed by atoms with E-state index in [1.165, 1.54) is 12.5 Å². The maximum Gasteiger partial charge on any atom is 0.335 e. The molecular weight excluding hydrogens is 228 g/mol. The molecule has 1 aliphatic heterocycles. The molecule has 1 atom stereocenters. The standard InChI is InChI=1S/C14H16N2O2/c1-10-4-2-3-7-16(10)13-6-5-11(14(17)18)8-12(13)9-15/h5-6,8,10H,2-4,7H2,1H3,(H,17,18)/t10-/m1/s1. The molecule has 94 valence electrons. The number of carboxylic acid groups (broad SMARTS) is 1. The van der Waals surface area contributed by atoms with Crippen LogP contribution in [0, 0.1) is 11.3 Å². The Kier molecular flexibility index (Phi) is 3.52. The van der Waals surface area contributed by atoms with E-state index in [0.717, 1.165) is 25.1 Å². The summed E-state index contributed by atoms with van der Waals surface area (Å²) in [7, 11) is 0. The van der Waals surface area contributed by atoms with Crippen molar-refractivity contribution in [2.24, 2.45) is 0 Å². The number of carbonyl (C=O) groups is 1. The Bertz CT molecular complexity index is 505. The van der Waals surface area contributed by atoms with Crippen LogP contribution < -0.4 is 4.90 Å². The summed E-state index contributed by atoms with van der Waals surface area (Å²) in [5, 5.41) is 18.1. The van der Waals surface area contributed by atoms with Crippen molar-refractivity contribution in [2.75, 3.05) is 11.4 Å². The Morgan fingerprint density at radius 1 is 1.50 bits per heavy atom. The summed E-state index contributed by atoms with van der Waals surface area (Å²) in [6.07, 6.45) is 3.45. The van der Waals surface area contributed by atoms with Crippen LogP contribution >= 0.6 is 0 Å². The zero-order valence-electron chi connectivity index (χ0n) is 10.4. The molecule has 1 saturated heterocycles. The van der Waals surface area contributed by atoms with E-state index in [0.29, 0.717) is 11.6 Å². The molecule has 0 radical (unpaired) electrons. The van der Waals surface area contributed by atoms with Crippen LogP contribution in [-0.2, 0) is 0 Å². The van der Waals surface area contributed by atoms with Crippen LogP contribution in [0.3, 0.4) is 0 Å². The molecular formula is C14H16N2O2. The van der Waals surface area contributed by atoms with Crippen LogP contribution in [0.1, 0.15) is 42.1 Å². The highest BCUT2D eigenvalue weighted by atomic mass is 16.4. The molecule has 0 aliphatic carbocycles. The summed E-state index contributed by atoms with van der Waals surface area (Å²) in [5.74, 6) is -0.996. The second-order valence-electron chi connectivity index (χ2n) is 4.69. The van der Waals surface area contributed by atoms with Crippen LogP contribution in [-0.4, -0.2) is 23.7 Å². The number of hydrogen-bond donors (Lipinski definition) is 1. The van der Waals surface area contributed by atoms with E-state index in [4.69, 9.17) is 5.11 Å². The van der Waals surface area contributed by atoms with Gasteiger partial charge in [-0.15, -0.1) is 0 Å². The summed E-state index contributed by atoms with van der Waals surface area (Å²) in [4.78, 5) is 13.1. The van der Waals surface area contributed by atoms with Gasteiger partial charge in [0.15, 0.2) is 0 Å². The van der Waals surface area contributed by atoms with Gasteiger partial charge in [0.2, 0.25) is 0 Å². The molecule has 0 amide bonds. The highest BCUT2D eigenvalue weighted by molar-refractivity contribution is 5.89. The van der Waals surface area contributed by atoms with Gasteiger partial charge in [0.25, 0.3) is 0 Å². The highest BCUT2D eigenvalue weighted by Gasteiger charge is 2.21.